The van der Waals surface area contributed by atoms with E-state index >= 15 is 0 Å². The molecule has 3 aromatic carbocycles. The third-order valence-corrected chi connectivity index (χ3v) is 8.75. The quantitative estimate of drug-likeness (QED) is 0.0704. The molecule has 4 aromatic rings. The number of ketones is 1. The summed E-state index contributed by atoms with van der Waals surface area (Å²) in [6.07, 6.45) is 1.69. The van der Waals surface area contributed by atoms with Crippen LogP contribution in [0.3, 0.4) is 0 Å². The van der Waals surface area contributed by atoms with Gasteiger partial charge in [-0.05, 0) is 65.9 Å². The van der Waals surface area contributed by atoms with Crippen LogP contribution in [0.15, 0.2) is 82.7 Å². The molecule has 0 saturated carbocycles. The molecule has 0 radical (unpaired) electrons. The molecule has 1 aliphatic rings. The average molecular weight is 590 g/mol. The van der Waals surface area contributed by atoms with E-state index in [0.717, 1.165) is 24.0 Å². The zero-order chi connectivity index (χ0) is 28.9. The fourth-order valence-electron chi connectivity index (χ4n) is 4.45. The van der Waals surface area contributed by atoms with Gasteiger partial charge in [0.05, 0.1) is 18.2 Å². The number of hydrogen-bond acceptors (Lipinski definition) is 8. The Morgan fingerprint density at radius 2 is 1.66 bits per heavy atom. The second-order valence-electron chi connectivity index (χ2n) is 9.40. The molecule has 210 valence electrons. The summed E-state index contributed by atoms with van der Waals surface area (Å²) in [5.74, 6) is -0.976. The highest BCUT2D eigenvalue weighted by molar-refractivity contribution is 8.00. The van der Waals surface area contributed by atoms with E-state index in [1.54, 1.807) is 36.4 Å². The normalized spacial score (nSPS) is 16.4. The van der Waals surface area contributed by atoms with E-state index in [1.165, 1.54) is 40.1 Å². The Hall–Kier alpha value is -4.02. The van der Waals surface area contributed by atoms with Gasteiger partial charge in [-0.15, -0.1) is 10.2 Å². The summed E-state index contributed by atoms with van der Waals surface area (Å²) in [5.41, 5.74) is 3.06. The van der Waals surface area contributed by atoms with Gasteiger partial charge in [0.2, 0.25) is 5.13 Å². The molecular formula is C31H28FN3O4S2. The SMILES string of the molecule is CCCOc1ccc(/C(O)=C2/C(=O)C(=O)N(c3nnc(SCc4ccc(F)cc4)s3)C2c2ccc(CC)cc2)cc1. The lowest BCUT2D eigenvalue weighted by molar-refractivity contribution is -0.132. The van der Waals surface area contributed by atoms with Gasteiger partial charge in [0.15, 0.2) is 4.34 Å². The maximum Gasteiger partial charge on any atom is 0.301 e. The smallest absolute Gasteiger partial charge is 0.301 e. The van der Waals surface area contributed by atoms with E-state index < -0.39 is 17.7 Å². The fourth-order valence-corrected chi connectivity index (χ4v) is 6.27. The molecule has 1 N–H and O–H groups in total. The van der Waals surface area contributed by atoms with E-state index in [-0.39, 0.29) is 22.3 Å². The molecular weight excluding hydrogens is 561 g/mol. The summed E-state index contributed by atoms with van der Waals surface area (Å²) in [6, 6.07) is 19.7. The van der Waals surface area contributed by atoms with Gasteiger partial charge in [-0.2, -0.15) is 0 Å². The van der Waals surface area contributed by atoms with Gasteiger partial charge in [0, 0.05) is 11.3 Å². The molecule has 1 amide bonds. The van der Waals surface area contributed by atoms with Crippen molar-refractivity contribution in [3.8, 4) is 5.75 Å². The van der Waals surface area contributed by atoms with Crippen LogP contribution in [0, 0.1) is 5.82 Å². The minimum absolute atomic E-state index is 0.0165. The number of aryl methyl sites for hydroxylation is 1. The number of thioether (sulfide) groups is 1. The minimum Gasteiger partial charge on any atom is -0.507 e. The van der Waals surface area contributed by atoms with Crippen molar-refractivity contribution in [2.45, 2.75) is 42.8 Å². The maximum atomic E-state index is 13.5. The van der Waals surface area contributed by atoms with Gasteiger partial charge in [-0.3, -0.25) is 14.5 Å². The molecule has 2 heterocycles. The Bertz CT molecular complexity index is 1570. The van der Waals surface area contributed by atoms with Crippen molar-refractivity contribution in [2.75, 3.05) is 11.5 Å². The number of halogens is 1. The predicted octanol–water partition coefficient (Wildman–Crippen LogP) is 6.95. The van der Waals surface area contributed by atoms with E-state index in [2.05, 4.69) is 10.2 Å². The molecule has 1 aliphatic heterocycles. The zero-order valence-electron chi connectivity index (χ0n) is 22.5. The van der Waals surface area contributed by atoms with Crippen molar-refractivity contribution in [2.24, 2.45) is 0 Å². The van der Waals surface area contributed by atoms with Crippen molar-refractivity contribution >= 4 is 45.7 Å². The van der Waals surface area contributed by atoms with Crippen LogP contribution in [0.5, 0.6) is 5.75 Å². The molecule has 1 saturated heterocycles. The van der Waals surface area contributed by atoms with Crippen molar-refractivity contribution < 1.29 is 23.8 Å². The number of anilines is 1. The number of rotatable bonds is 10. The van der Waals surface area contributed by atoms with Crippen LogP contribution in [-0.4, -0.2) is 33.6 Å². The summed E-state index contributed by atoms with van der Waals surface area (Å²) >= 11 is 2.58. The number of nitrogens with zero attached hydrogens (tertiary/aromatic N) is 3. The Morgan fingerprint density at radius 1 is 0.976 bits per heavy atom. The maximum absolute atomic E-state index is 13.5. The van der Waals surface area contributed by atoms with Gasteiger partial charge in [-0.25, -0.2) is 4.39 Å². The number of hydrogen-bond donors (Lipinski definition) is 1. The topological polar surface area (TPSA) is 92.6 Å². The molecule has 0 spiro atoms. The zero-order valence-corrected chi connectivity index (χ0v) is 24.2. The Balaban J connectivity index is 1.50. The number of aromatic nitrogens is 2. The van der Waals surface area contributed by atoms with Gasteiger partial charge in [0.1, 0.15) is 17.3 Å². The first-order valence-corrected chi connectivity index (χ1v) is 15.0. The Morgan fingerprint density at radius 3 is 2.32 bits per heavy atom. The molecule has 10 heteroatoms. The highest BCUT2D eigenvalue weighted by Crippen LogP contribution is 2.44. The number of amides is 1. The number of aliphatic hydroxyl groups excluding tert-OH is 1. The highest BCUT2D eigenvalue weighted by Gasteiger charge is 2.48. The van der Waals surface area contributed by atoms with Crippen LogP contribution in [0.2, 0.25) is 0 Å². The van der Waals surface area contributed by atoms with Crippen LogP contribution in [-0.2, 0) is 21.8 Å². The lowest BCUT2D eigenvalue weighted by atomic mass is 9.94. The van der Waals surface area contributed by atoms with E-state index in [1.807, 2.05) is 38.1 Å². The second-order valence-corrected chi connectivity index (χ2v) is 11.6. The Kier molecular flexibility index (Phi) is 8.80. The highest BCUT2D eigenvalue weighted by atomic mass is 32.2. The number of aliphatic hydroxyl groups is 1. The molecule has 5 rings (SSSR count). The summed E-state index contributed by atoms with van der Waals surface area (Å²) in [7, 11) is 0. The lowest BCUT2D eigenvalue weighted by Gasteiger charge is -2.22. The van der Waals surface area contributed by atoms with Gasteiger partial charge >= 0.3 is 5.91 Å². The third-order valence-electron chi connectivity index (χ3n) is 6.63. The summed E-state index contributed by atoms with van der Waals surface area (Å²) in [6.45, 7) is 4.62. The molecule has 1 atom stereocenters. The van der Waals surface area contributed by atoms with Crippen molar-refractivity contribution in [3.05, 3.63) is 106 Å². The van der Waals surface area contributed by atoms with E-state index in [9.17, 15) is 19.1 Å². The van der Waals surface area contributed by atoms with Crippen LogP contribution in [0.1, 0.15) is 48.6 Å². The second kappa shape index (κ2) is 12.7. The Labute approximate surface area is 245 Å². The van der Waals surface area contributed by atoms with Gasteiger partial charge in [-0.1, -0.05) is 73.3 Å². The number of Topliss-reactive ketones (excluding diaryl/α,β-unsaturated/α-hetero) is 1. The average Bonchev–Trinajstić information content (AvgIpc) is 3.57. The van der Waals surface area contributed by atoms with E-state index in [0.29, 0.717) is 33.6 Å². The first-order chi connectivity index (χ1) is 19.9. The van der Waals surface area contributed by atoms with Gasteiger partial charge in [0.25, 0.3) is 5.78 Å². The summed E-state index contributed by atoms with van der Waals surface area (Å²) < 4.78 is 19.5. The summed E-state index contributed by atoms with van der Waals surface area (Å²) in [5, 5.41) is 20.1. The number of carbonyl (C=O) groups is 2. The van der Waals surface area contributed by atoms with Crippen LogP contribution >= 0.6 is 23.1 Å². The van der Waals surface area contributed by atoms with Crippen molar-refractivity contribution in [3.63, 3.8) is 0 Å². The van der Waals surface area contributed by atoms with Gasteiger partial charge < -0.3 is 9.84 Å². The molecule has 1 unspecified atom stereocenters. The molecule has 41 heavy (non-hydrogen) atoms. The van der Waals surface area contributed by atoms with Crippen LogP contribution < -0.4 is 9.64 Å². The third kappa shape index (κ3) is 6.18. The first-order valence-electron chi connectivity index (χ1n) is 13.2. The van der Waals surface area contributed by atoms with Crippen LogP contribution in [0.25, 0.3) is 5.76 Å². The predicted molar refractivity (Wildman–Crippen MR) is 159 cm³/mol. The fraction of sp³-hybridized carbons (Fsp3) is 0.226. The first kappa shape index (κ1) is 28.5. The molecule has 1 aromatic heterocycles. The minimum atomic E-state index is -0.889. The van der Waals surface area contributed by atoms with Crippen molar-refractivity contribution in [1.29, 1.82) is 0 Å². The van der Waals surface area contributed by atoms with E-state index in [4.69, 9.17) is 4.74 Å². The lowest BCUT2D eigenvalue weighted by Crippen LogP contribution is -2.29. The number of benzene rings is 3. The molecule has 1 fully saturated rings. The summed E-state index contributed by atoms with van der Waals surface area (Å²) in [4.78, 5) is 28.2. The van der Waals surface area contributed by atoms with Crippen molar-refractivity contribution in [1.82, 2.24) is 10.2 Å². The monoisotopic (exact) mass is 589 g/mol. The number of carbonyl (C=O) groups excluding carboxylic acids is 2. The molecule has 0 aliphatic carbocycles. The van der Waals surface area contributed by atoms with Crippen LogP contribution in [0.4, 0.5) is 9.52 Å². The molecule has 7 nitrogen and oxygen atoms in total. The molecule has 0 bridgehead atoms. The number of ether oxygens (including phenoxy) is 1. The standard InChI is InChI=1S/C31H28FN3O4S2/c1-3-17-39-24-15-11-22(12-16-24)27(36)25-26(21-9-5-19(4-2)6-10-21)35(29(38)28(25)37)30-33-34-31(41-30)40-18-20-7-13-23(32)14-8-20/h5-16,26,36H,3-4,17-18H2,1-2H3/b27-25-. The largest absolute Gasteiger partial charge is 0.507 e.